The summed E-state index contributed by atoms with van der Waals surface area (Å²) >= 11 is 0. The molecule has 7 heteroatoms. The van der Waals surface area contributed by atoms with E-state index in [0.717, 1.165) is 68.9 Å². The number of amides is 3. The Kier molecular flexibility index (Phi) is 9.13. The molecule has 178 valence electrons. The number of nitrogens with zero attached hydrogens (tertiary/aromatic N) is 2. The van der Waals surface area contributed by atoms with Crippen LogP contribution >= 0.6 is 0 Å². The normalized spacial score (nSPS) is 13.3. The molecule has 0 unspecified atom stereocenters. The first kappa shape index (κ1) is 24.6. The van der Waals surface area contributed by atoms with Crippen molar-refractivity contribution in [2.75, 3.05) is 54.8 Å². The number of nitrogens with one attached hydrogen (secondary N) is 3. The van der Waals surface area contributed by atoms with Crippen molar-refractivity contribution in [2.45, 2.75) is 40.0 Å². The molecule has 1 aliphatic rings. The predicted molar refractivity (Wildman–Crippen MR) is 136 cm³/mol. The first-order valence-electron chi connectivity index (χ1n) is 12.1. The van der Waals surface area contributed by atoms with E-state index in [1.54, 1.807) is 6.07 Å². The molecule has 3 amide bonds. The third-order valence-electron chi connectivity index (χ3n) is 6.20. The summed E-state index contributed by atoms with van der Waals surface area (Å²) in [4.78, 5) is 30.3. The lowest BCUT2D eigenvalue weighted by atomic mass is 10.1. The second kappa shape index (κ2) is 12.3. The standard InChI is InChI=1S/C26H37N5O2/c1-4-20-11-7-8-12-23(20)29-26(33)28-21-13-14-24(31-16-9-10-17-31)22(19-21)25(32)27-15-18-30(5-2)6-3/h7-8,11-14,19H,4-6,9-10,15-18H2,1-3H3,(H,27,32)(H2,28,29,33). The van der Waals surface area contributed by atoms with E-state index in [0.29, 0.717) is 17.8 Å². The van der Waals surface area contributed by atoms with Crippen LogP contribution in [0.1, 0.15) is 49.5 Å². The van der Waals surface area contributed by atoms with Crippen LogP contribution in [0.3, 0.4) is 0 Å². The lowest BCUT2D eigenvalue weighted by Gasteiger charge is -2.23. The Morgan fingerprint density at radius 2 is 1.70 bits per heavy atom. The van der Waals surface area contributed by atoms with Crippen LogP contribution in [0.25, 0.3) is 0 Å². The van der Waals surface area contributed by atoms with Crippen LogP contribution in [-0.2, 0) is 6.42 Å². The van der Waals surface area contributed by atoms with E-state index < -0.39 is 0 Å². The summed E-state index contributed by atoms with van der Waals surface area (Å²) in [6.07, 6.45) is 3.09. The number of hydrogen-bond acceptors (Lipinski definition) is 4. The zero-order chi connectivity index (χ0) is 23.6. The van der Waals surface area contributed by atoms with Crippen molar-refractivity contribution in [1.29, 1.82) is 0 Å². The Labute approximate surface area is 197 Å². The summed E-state index contributed by atoms with van der Waals surface area (Å²) in [6, 6.07) is 13.0. The van der Waals surface area contributed by atoms with Crippen LogP contribution in [0, 0.1) is 0 Å². The van der Waals surface area contributed by atoms with Crippen LogP contribution in [0.2, 0.25) is 0 Å². The molecule has 0 bridgehead atoms. The van der Waals surface area contributed by atoms with E-state index in [9.17, 15) is 9.59 Å². The Bertz CT molecular complexity index is 936. The van der Waals surface area contributed by atoms with Gasteiger partial charge in [-0.2, -0.15) is 0 Å². The Morgan fingerprint density at radius 3 is 2.39 bits per heavy atom. The largest absolute Gasteiger partial charge is 0.371 e. The number of carbonyl (C=O) groups excluding carboxylic acids is 2. The van der Waals surface area contributed by atoms with Crippen LogP contribution in [0.15, 0.2) is 42.5 Å². The van der Waals surface area contributed by atoms with E-state index in [2.05, 4.69) is 46.5 Å². The highest BCUT2D eigenvalue weighted by Gasteiger charge is 2.20. The fourth-order valence-corrected chi connectivity index (χ4v) is 4.23. The monoisotopic (exact) mass is 451 g/mol. The molecule has 3 rings (SSSR count). The molecule has 7 nitrogen and oxygen atoms in total. The SMILES string of the molecule is CCc1ccccc1NC(=O)Nc1ccc(N2CCCC2)c(C(=O)NCCN(CC)CC)c1. The van der Waals surface area contributed by atoms with Crippen LogP contribution in [0.5, 0.6) is 0 Å². The maximum atomic E-state index is 13.1. The van der Waals surface area contributed by atoms with Crippen molar-refractivity contribution in [3.05, 3.63) is 53.6 Å². The van der Waals surface area contributed by atoms with E-state index >= 15 is 0 Å². The average Bonchev–Trinajstić information content (AvgIpc) is 3.37. The minimum Gasteiger partial charge on any atom is -0.371 e. The third-order valence-corrected chi connectivity index (χ3v) is 6.20. The van der Waals surface area contributed by atoms with Crippen molar-refractivity contribution >= 4 is 29.0 Å². The van der Waals surface area contributed by atoms with Crippen LogP contribution in [0.4, 0.5) is 21.9 Å². The zero-order valence-corrected chi connectivity index (χ0v) is 20.1. The predicted octanol–water partition coefficient (Wildman–Crippen LogP) is 4.56. The maximum absolute atomic E-state index is 13.1. The van der Waals surface area contributed by atoms with Gasteiger partial charge in [0.25, 0.3) is 5.91 Å². The van der Waals surface area contributed by atoms with Gasteiger partial charge in [-0.3, -0.25) is 4.79 Å². The number of para-hydroxylation sites is 1. The molecule has 2 aromatic carbocycles. The number of aryl methyl sites for hydroxylation is 1. The van der Waals surface area contributed by atoms with Gasteiger partial charge in [-0.15, -0.1) is 0 Å². The highest BCUT2D eigenvalue weighted by molar-refractivity contribution is 6.04. The highest BCUT2D eigenvalue weighted by Crippen LogP contribution is 2.28. The number of carbonyl (C=O) groups is 2. The first-order valence-corrected chi connectivity index (χ1v) is 12.1. The molecular weight excluding hydrogens is 414 g/mol. The molecular formula is C26H37N5O2. The summed E-state index contributed by atoms with van der Waals surface area (Å²) in [5, 5.41) is 8.87. The smallest absolute Gasteiger partial charge is 0.323 e. The lowest BCUT2D eigenvalue weighted by molar-refractivity contribution is 0.0949. The van der Waals surface area contributed by atoms with Crippen molar-refractivity contribution in [2.24, 2.45) is 0 Å². The van der Waals surface area contributed by atoms with Gasteiger partial charge >= 0.3 is 6.03 Å². The fourth-order valence-electron chi connectivity index (χ4n) is 4.23. The van der Waals surface area contributed by atoms with E-state index in [1.807, 2.05) is 36.4 Å². The number of likely N-dealkylation sites (N-methyl/N-ethyl adjacent to an activating group) is 1. The number of anilines is 3. The topological polar surface area (TPSA) is 76.7 Å². The quantitative estimate of drug-likeness (QED) is 0.495. The average molecular weight is 452 g/mol. The van der Waals surface area contributed by atoms with Crippen LogP contribution < -0.4 is 20.9 Å². The van der Waals surface area contributed by atoms with Gasteiger partial charge in [0.2, 0.25) is 0 Å². The van der Waals surface area contributed by atoms with Gasteiger partial charge in [-0.05, 0) is 62.2 Å². The van der Waals surface area contributed by atoms with Crippen molar-refractivity contribution < 1.29 is 9.59 Å². The minimum absolute atomic E-state index is 0.107. The zero-order valence-electron chi connectivity index (χ0n) is 20.1. The maximum Gasteiger partial charge on any atom is 0.323 e. The molecule has 2 aromatic rings. The van der Waals surface area contributed by atoms with Crippen LogP contribution in [-0.4, -0.2) is 56.1 Å². The van der Waals surface area contributed by atoms with E-state index in [-0.39, 0.29) is 11.9 Å². The Hall–Kier alpha value is -3.06. The number of rotatable bonds is 10. The van der Waals surface area contributed by atoms with Gasteiger partial charge in [0, 0.05) is 43.2 Å². The van der Waals surface area contributed by atoms with E-state index in [4.69, 9.17) is 0 Å². The minimum atomic E-state index is -0.322. The summed E-state index contributed by atoms with van der Waals surface area (Å²) in [5.41, 5.74) is 3.99. The van der Waals surface area contributed by atoms with Gasteiger partial charge in [0.15, 0.2) is 0 Å². The lowest BCUT2D eigenvalue weighted by Crippen LogP contribution is -2.35. The molecule has 3 N–H and O–H groups in total. The molecule has 0 aromatic heterocycles. The van der Waals surface area contributed by atoms with Crippen molar-refractivity contribution in [3.63, 3.8) is 0 Å². The van der Waals surface area contributed by atoms with E-state index in [1.165, 1.54) is 0 Å². The Morgan fingerprint density at radius 1 is 0.970 bits per heavy atom. The summed E-state index contributed by atoms with van der Waals surface area (Å²) in [5.74, 6) is -0.107. The van der Waals surface area contributed by atoms with Gasteiger partial charge < -0.3 is 25.8 Å². The summed E-state index contributed by atoms with van der Waals surface area (Å²) in [7, 11) is 0. The van der Waals surface area contributed by atoms with Gasteiger partial charge in [-0.25, -0.2) is 4.79 Å². The second-order valence-corrected chi connectivity index (χ2v) is 8.30. The van der Waals surface area contributed by atoms with Crippen molar-refractivity contribution in [3.8, 4) is 0 Å². The molecule has 0 aliphatic carbocycles. The molecule has 1 heterocycles. The van der Waals surface area contributed by atoms with Gasteiger partial charge in [-0.1, -0.05) is 39.0 Å². The molecule has 1 fully saturated rings. The van der Waals surface area contributed by atoms with Crippen molar-refractivity contribution in [1.82, 2.24) is 10.2 Å². The summed E-state index contributed by atoms with van der Waals surface area (Å²) in [6.45, 7) is 11.5. The highest BCUT2D eigenvalue weighted by atomic mass is 16.2. The molecule has 1 saturated heterocycles. The molecule has 0 atom stereocenters. The molecule has 0 saturated carbocycles. The van der Waals surface area contributed by atoms with Gasteiger partial charge in [0.1, 0.15) is 0 Å². The molecule has 0 spiro atoms. The second-order valence-electron chi connectivity index (χ2n) is 8.30. The first-order chi connectivity index (χ1) is 16.0. The summed E-state index contributed by atoms with van der Waals surface area (Å²) < 4.78 is 0. The number of urea groups is 1. The molecule has 1 aliphatic heterocycles. The Balaban J connectivity index is 1.73. The molecule has 33 heavy (non-hydrogen) atoms. The molecule has 0 radical (unpaired) electrons. The number of hydrogen-bond donors (Lipinski definition) is 3. The van der Waals surface area contributed by atoms with Gasteiger partial charge in [0.05, 0.1) is 5.56 Å². The fraction of sp³-hybridized carbons (Fsp3) is 0.462. The number of benzene rings is 2. The third kappa shape index (κ3) is 6.71.